The predicted molar refractivity (Wildman–Crippen MR) is 75.9 cm³/mol. The van der Waals surface area contributed by atoms with E-state index in [4.69, 9.17) is 5.73 Å². The molecule has 2 heterocycles. The van der Waals surface area contributed by atoms with E-state index in [0.717, 1.165) is 16.6 Å². The Morgan fingerprint density at radius 2 is 2.28 bits per heavy atom. The van der Waals surface area contributed by atoms with E-state index in [1.165, 1.54) is 29.8 Å². The summed E-state index contributed by atoms with van der Waals surface area (Å²) in [5, 5.41) is 0. The van der Waals surface area contributed by atoms with E-state index in [0.29, 0.717) is 12.0 Å². The second-order valence-electron chi connectivity index (χ2n) is 6.35. The molecule has 0 fully saturated rings. The van der Waals surface area contributed by atoms with Crippen molar-refractivity contribution in [2.45, 2.75) is 46.6 Å². The van der Waals surface area contributed by atoms with E-state index in [-0.39, 0.29) is 0 Å². The van der Waals surface area contributed by atoms with E-state index in [2.05, 4.69) is 30.2 Å². The molecule has 2 aromatic heterocycles. The zero-order valence-electron chi connectivity index (χ0n) is 11.4. The summed E-state index contributed by atoms with van der Waals surface area (Å²) in [6.45, 7) is 7.64. The van der Waals surface area contributed by atoms with Gasteiger partial charge in [0.05, 0.1) is 11.9 Å². The molecule has 1 unspecified atom stereocenters. The first-order chi connectivity index (χ1) is 8.50. The van der Waals surface area contributed by atoms with Gasteiger partial charge >= 0.3 is 0 Å². The molecule has 2 N–H and O–H groups in total. The zero-order chi connectivity index (χ0) is 12.9. The Morgan fingerprint density at radius 3 is 2.94 bits per heavy atom. The highest BCUT2D eigenvalue weighted by Crippen LogP contribution is 2.40. The van der Waals surface area contributed by atoms with Crippen molar-refractivity contribution in [2.75, 3.05) is 0 Å². The minimum atomic E-state index is 0.403. The SMILES string of the molecule is CC(C)(C)C1CCc2c(sc3ncc(CN)n23)C1. The third kappa shape index (κ3) is 1.79. The topological polar surface area (TPSA) is 43.3 Å². The molecule has 0 saturated carbocycles. The minimum absolute atomic E-state index is 0.403. The molecular weight excluding hydrogens is 242 g/mol. The summed E-state index contributed by atoms with van der Waals surface area (Å²) in [4.78, 5) is 7.13. The highest BCUT2D eigenvalue weighted by atomic mass is 32.1. The van der Waals surface area contributed by atoms with Crippen LogP contribution in [-0.4, -0.2) is 9.38 Å². The van der Waals surface area contributed by atoms with Crippen molar-refractivity contribution >= 4 is 16.3 Å². The molecule has 0 spiro atoms. The van der Waals surface area contributed by atoms with E-state index in [1.54, 1.807) is 0 Å². The first-order valence-corrected chi connectivity index (χ1v) is 7.49. The summed E-state index contributed by atoms with van der Waals surface area (Å²) in [6, 6.07) is 0. The molecule has 4 heteroatoms. The molecule has 1 atom stereocenters. The van der Waals surface area contributed by atoms with Crippen LogP contribution < -0.4 is 5.73 Å². The van der Waals surface area contributed by atoms with Crippen LogP contribution in [0.4, 0.5) is 0 Å². The highest BCUT2D eigenvalue weighted by molar-refractivity contribution is 7.17. The van der Waals surface area contributed by atoms with Crippen LogP contribution in [0, 0.1) is 11.3 Å². The van der Waals surface area contributed by atoms with Gasteiger partial charge in [0.25, 0.3) is 0 Å². The third-order valence-electron chi connectivity index (χ3n) is 4.20. The molecule has 1 aliphatic carbocycles. The van der Waals surface area contributed by atoms with Gasteiger partial charge in [-0.1, -0.05) is 20.8 Å². The van der Waals surface area contributed by atoms with Gasteiger partial charge in [0.15, 0.2) is 4.96 Å². The molecule has 98 valence electrons. The largest absolute Gasteiger partial charge is 0.325 e. The van der Waals surface area contributed by atoms with E-state index in [1.807, 2.05) is 17.5 Å². The van der Waals surface area contributed by atoms with Crippen molar-refractivity contribution in [3.05, 3.63) is 22.5 Å². The number of hydrogen-bond donors (Lipinski definition) is 1. The fourth-order valence-electron chi connectivity index (χ4n) is 2.95. The number of nitrogens with two attached hydrogens (primary N) is 1. The van der Waals surface area contributed by atoms with Gasteiger partial charge in [-0.25, -0.2) is 4.98 Å². The Morgan fingerprint density at radius 1 is 1.50 bits per heavy atom. The van der Waals surface area contributed by atoms with Crippen LogP contribution >= 0.6 is 11.3 Å². The molecule has 2 aromatic rings. The second-order valence-corrected chi connectivity index (χ2v) is 7.41. The van der Waals surface area contributed by atoms with Crippen LogP contribution in [0.2, 0.25) is 0 Å². The Kier molecular flexibility index (Phi) is 2.75. The minimum Gasteiger partial charge on any atom is -0.325 e. The van der Waals surface area contributed by atoms with E-state index < -0.39 is 0 Å². The van der Waals surface area contributed by atoms with Crippen LogP contribution in [0.3, 0.4) is 0 Å². The monoisotopic (exact) mass is 263 g/mol. The Balaban J connectivity index is 2.03. The summed E-state index contributed by atoms with van der Waals surface area (Å²) >= 11 is 1.85. The number of thiazole rings is 1. The molecule has 1 aliphatic rings. The average molecular weight is 263 g/mol. The number of nitrogens with zero attached hydrogens (tertiary/aromatic N) is 2. The summed E-state index contributed by atoms with van der Waals surface area (Å²) in [7, 11) is 0. The molecule has 0 aliphatic heterocycles. The van der Waals surface area contributed by atoms with Crippen LogP contribution in [-0.2, 0) is 19.4 Å². The lowest BCUT2D eigenvalue weighted by atomic mass is 9.73. The fourth-order valence-corrected chi connectivity index (χ4v) is 4.19. The van der Waals surface area contributed by atoms with Gasteiger partial charge in [0, 0.05) is 17.1 Å². The maximum absolute atomic E-state index is 5.79. The first kappa shape index (κ1) is 12.2. The number of rotatable bonds is 1. The summed E-state index contributed by atoms with van der Waals surface area (Å²) in [5.41, 5.74) is 8.81. The number of aryl methyl sites for hydroxylation is 1. The summed E-state index contributed by atoms with van der Waals surface area (Å²) in [6.07, 6.45) is 5.57. The highest BCUT2D eigenvalue weighted by Gasteiger charge is 2.31. The maximum atomic E-state index is 5.79. The quantitative estimate of drug-likeness (QED) is 0.859. The van der Waals surface area contributed by atoms with Crippen molar-refractivity contribution in [3.8, 4) is 0 Å². The standard InChI is InChI=1S/C14H21N3S/c1-14(2,3)9-4-5-11-12(6-9)18-13-16-8-10(7-15)17(11)13/h8-9H,4-7,15H2,1-3H3. The molecule has 0 aromatic carbocycles. The van der Waals surface area contributed by atoms with Gasteiger partial charge in [-0.2, -0.15) is 0 Å². The summed E-state index contributed by atoms with van der Waals surface area (Å²) in [5.74, 6) is 0.787. The molecule has 0 amide bonds. The number of imidazole rings is 1. The second kappa shape index (κ2) is 4.07. The molecular formula is C14H21N3S. The van der Waals surface area contributed by atoms with Gasteiger partial charge in [0.1, 0.15) is 0 Å². The molecule has 18 heavy (non-hydrogen) atoms. The number of fused-ring (bicyclic) bond motifs is 3. The average Bonchev–Trinajstić information content (AvgIpc) is 2.84. The van der Waals surface area contributed by atoms with E-state index >= 15 is 0 Å². The van der Waals surface area contributed by atoms with Gasteiger partial charge in [-0.15, -0.1) is 11.3 Å². The Labute approximate surface area is 112 Å². The molecule has 0 bridgehead atoms. The fraction of sp³-hybridized carbons (Fsp3) is 0.643. The summed E-state index contributed by atoms with van der Waals surface area (Å²) < 4.78 is 2.29. The number of hydrogen-bond acceptors (Lipinski definition) is 3. The van der Waals surface area contributed by atoms with E-state index in [9.17, 15) is 0 Å². The van der Waals surface area contributed by atoms with Crippen molar-refractivity contribution in [2.24, 2.45) is 17.1 Å². The van der Waals surface area contributed by atoms with Crippen LogP contribution in [0.1, 0.15) is 43.5 Å². The van der Waals surface area contributed by atoms with Gasteiger partial charge < -0.3 is 5.73 Å². The lowest BCUT2D eigenvalue weighted by Gasteiger charge is -2.33. The number of aromatic nitrogens is 2. The van der Waals surface area contributed by atoms with Crippen molar-refractivity contribution in [3.63, 3.8) is 0 Å². The predicted octanol–water partition coefficient (Wildman–Crippen LogP) is 3.01. The lowest BCUT2D eigenvalue weighted by molar-refractivity contribution is 0.216. The molecule has 3 rings (SSSR count). The molecule has 3 nitrogen and oxygen atoms in total. The first-order valence-electron chi connectivity index (χ1n) is 6.67. The molecule has 0 saturated heterocycles. The molecule has 0 radical (unpaired) electrons. The van der Waals surface area contributed by atoms with Crippen molar-refractivity contribution in [1.29, 1.82) is 0 Å². The van der Waals surface area contributed by atoms with Crippen LogP contribution in [0.15, 0.2) is 6.20 Å². The Bertz CT molecular complexity index is 574. The van der Waals surface area contributed by atoms with Crippen molar-refractivity contribution < 1.29 is 0 Å². The van der Waals surface area contributed by atoms with Gasteiger partial charge in [0.2, 0.25) is 0 Å². The van der Waals surface area contributed by atoms with Crippen LogP contribution in [0.5, 0.6) is 0 Å². The lowest BCUT2D eigenvalue weighted by Crippen LogP contribution is -2.26. The Hall–Kier alpha value is -0.870. The maximum Gasteiger partial charge on any atom is 0.194 e. The van der Waals surface area contributed by atoms with Crippen LogP contribution in [0.25, 0.3) is 4.96 Å². The third-order valence-corrected chi connectivity index (χ3v) is 5.32. The van der Waals surface area contributed by atoms with Gasteiger partial charge in [-0.3, -0.25) is 4.40 Å². The zero-order valence-corrected chi connectivity index (χ0v) is 12.2. The van der Waals surface area contributed by atoms with Crippen molar-refractivity contribution in [1.82, 2.24) is 9.38 Å². The van der Waals surface area contributed by atoms with Gasteiger partial charge in [-0.05, 0) is 30.6 Å². The normalized spacial score (nSPS) is 20.3. The smallest absolute Gasteiger partial charge is 0.194 e.